The highest BCUT2D eigenvalue weighted by Gasteiger charge is 2.27. The van der Waals surface area contributed by atoms with Crippen LogP contribution in [-0.4, -0.2) is 30.1 Å². The van der Waals surface area contributed by atoms with Crippen LogP contribution in [-0.2, 0) is 14.3 Å². The number of hydrogen-bond donors (Lipinski definition) is 1. The van der Waals surface area contributed by atoms with Gasteiger partial charge in [0.1, 0.15) is 6.61 Å². The number of carbonyl (C=O) groups excluding carboxylic acids is 1. The van der Waals surface area contributed by atoms with Crippen LogP contribution in [0, 0.1) is 5.41 Å². The van der Waals surface area contributed by atoms with Crippen LogP contribution >= 0.6 is 0 Å². The zero-order valence-corrected chi connectivity index (χ0v) is 8.95. The normalized spacial score (nSPS) is 27.7. The zero-order chi connectivity index (χ0) is 10.8. The number of rotatable bonds is 2. The van der Waals surface area contributed by atoms with Gasteiger partial charge in [-0.2, -0.15) is 0 Å². The van der Waals surface area contributed by atoms with E-state index in [2.05, 4.69) is 0 Å². The molecular formula is C10H18O4. The minimum Gasteiger partial charge on any atom is -0.463 e. The van der Waals surface area contributed by atoms with Crippen LogP contribution in [0.25, 0.3) is 0 Å². The van der Waals surface area contributed by atoms with Crippen molar-refractivity contribution in [3.8, 4) is 0 Å². The molecule has 1 saturated heterocycles. The summed E-state index contributed by atoms with van der Waals surface area (Å²) in [5, 5.41) is 9.06. The molecule has 1 rings (SSSR count). The summed E-state index contributed by atoms with van der Waals surface area (Å²) in [5.74, 6) is -0.234. The minimum absolute atomic E-state index is 0.142. The smallest absolute Gasteiger partial charge is 0.311 e. The molecule has 1 fully saturated rings. The second-order valence-electron chi connectivity index (χ2n) is 4.64. The Hall–Kier alpha value is -0.610. The first-order valence-corrected chi connectivity index (χ1v) is 4.90. The predicted molar refractivity (Wildman–Crippen MR) is 50.5 cm³/mol. The van der Waals surface area contributed by atoms with Crippen molar-refractivity contribution in [2.75, 3.05) is 6.61 Å². The molecule has 0 aromatic rings. The number of aliphatic hydroxyl groups excluding tert-OH is 1. The van der Waals surface area contributed by atoms with Crippen molar-refractivity contribution in [3.05, 3.63) is 0 Å². The van der Waals surface area contributed by atoms with E-state index >= 15 is 0 Å². The summed E-state index contributed by atoms with van der Waals surface area (Å²) in [6.45, 7) is 5.66. The summed E-state index contributed by atoms with van der Waals surface area (Å²) in [6.07, 6.45) is 0.542. The summed E-state index contributed by atoms with van der Waals surface area (Å²) in [6, 6.07) is 0. The molecule has 82 valence electrons. The van der Waals surface area contributed by atoms with Crippen molar-refractivity contribution in [1.82, 2.24) is 0 Å². The molecule has 14 heavy (non-hydrogen) atoms. The Bertz CT molecular complexity index is 207. The van der Waals surface area contributed by atoms with Crippen molar-refractivity contribution < 1.29 is 19.4 Å². The predicted octanol–water partition coefficient (Wildman–Crippen LogP) is 1.07. The average molecular weight is 202 g/mol. The first-order chi connectivity index (χ1) is 6.39. The fraction of sp³-hybridized carbons (Fsp3) is 0.900. The quantitative estimate of drug-likeness (QED) is 0.680. The molecule has 0 aromatic heterocycles. The van der Waals surface area contributed by atoms with Gasteiger partial charge >= 0.3 is 5.97 Å². The molecule has 4 heteroatoms. The number of hydrogen-bond acceptors (Lipinski definition) is 4. The Balaban J connectivity index is 2.24. The van der Waals surface area contributed by atoms with Gasteiger partial charge in [-0.1, -0.05) is 0 Å². The van der Waals surface area contributed by atoms with E-state index in [4.69, 9.17) is 14.6 Å². The van der Waals surface area contributed by atoms with Gasteiger partial charge in [-0.15, -0.1) is 0 Å². The number of esters is 1. The summed E-state index contributed by atoms with van der Waals surface area (Å²) < 4.78 is 10.2. The van der Waals surface area contributed by atoms with Crippen LogP contribution < -0.4 is 0 Å². The fourth-order valence-corrected chi connectivity index (χ4v) is 1.19. The van der Waals surface area contributed by atoms with Crippen LogP contribution in [0.3, 0.4) is 0 Å². The maximum Gasteiger partial charge on any atom is 0.311 e. The van der Waals surface area contributed by atoms with Crippen LogP contribution in [0.5, 0.6) is 0 Å². The molecule has 0 bridgehead atoms. The molecule has 1 aliphatic heterocycles. The molecule has 0 amide bonds. The van der Waals surface area contributed by atoms with Crippen molar-refractivity contribution in [3.63, 3.8) is 0 Å². The minimum atomic E-state index is -0.687. The monoisotopic (exact) mass is 202 g/mol. The van der Waals surface area contributed by atoms with Gasteiger partial charge in [-0.05, 0) is 27.2 Å². The van der Waals surface area contributed by atoms with Crippen molar-refractivity contribution >= 4 is 5.97 Å². The van der Waals surface area contributed by atoms with Gasteiger partial charge in [-0.3, -0.25) is 4.79 Å². The summed E-state index contributed by atoms with van der Waals surface area (Å²) in [5.41, 5.74) is -0.475. The lowest BCUT2D eigenvalue weighted by atomic mass is 9.97. The Kier molecular flexibility index (Phi) is 3.50. The summed E-state index contributed by atoms with van der Waals surface area (Å²) in [4.78, 5) is 11.4. The van der Waals surface area contributed by atoms with E-state index in [9.17, 15) is 4.79 Å². The van der Waals surface area contributed by atoms with E-state index < -0.39 is 11.7 Å². The molecule has 1 aliphatic rings. The van der Waals surface area contributed by atoms with Crippen LogP contribution in [0.4, 0.5) is 0 Å². The number of carbonyl (C=O) groups is 1. The lowest BCUT2D eigenvalue weighted by molar-refractivity contribution is -0.161. The molecular weight excluding hydrogens is 184 g/mol. The van der Waals surface area contributed by atoms with E-state index in [1.54, 1.807) is 20.8 Å². The van der Waals surface area contributed by atoms with Crippen LogP contribution in [0.15, 0.2) is 0 Å². The molecule has 0 aliphatic carbocycles. The highest BCUT2D eigenvalue weighted by molar-refractivity contribution is 5.75. The maximum absolute atomic E-state index is 11.4. The van der Waals surface area contributed by atoms with Gasteiger partial charge < -0.3 is 14.6 Å². The maximum atomic E-state index is 11.4. The van der Waals surface area contributed by atoms with Gasteiger partial charge in [-0.25, -0.2) is 0 Å². The van der Waals surface area contributed by atoms with E-state index in [1.165, 1.54) is 0 Å². The highest BCUT2D eigenvalue weighted by Crippen LogP contribution is 2.20. The summed E-state index contributed by atoms with van der Waals surface area (Å²) >= 11 is 0. The van der Waals surface area contributed by atoms with Crippen LogP contribution in [0.1, 0.15) is 33.6 Å². The highest BCUT2D eigenvalue weighted by atomic mass is 16.6. The zero-order valence-electron chi connectivity index (χ0n) is 8.95. The Morgan fingerprint density at radius 1 is 1.50 bits per heavy atom. The van der Waals surface area contributed by atoms with Gasteiger partial charge in [0.2, 0.25) is 0 Å². The Morgan fingerprint density at radius 3 is 2.57 bits per heavy atom. The third kappa shape index (κ3) is 3.27. The van der Waals surface area contributed by atoms with Crippen molar-refractivity contribution in [1.29, 1.82) is 0 Å². The third-order valence-electron chi connectivity index (χ3n) is 2.10. The number of aliphatic hydroxyl groups is 1. The molecule has 0 saturated carbocycles. The standard InChI is InChI=1S/C10H18O4/c1-10(2,3)9(12)13-6-7-4-5-8(11)14-7/h7-8,11H,4-6H2,1-3H3/t7-,8+/m0/s1. The molecule has 4 nitrogen and oxygen atoms in total. The molecule has 0 unspecified atom stereocenters. The van der Waals surface area contributed by atoms with E-state index in [-0.39, 0.29) is 18.7 Å². The molecule has 0 spiro atoms. The molecule has 2 atom stereocenters. The van der Waals surface area contributed by atoms with Crippen LogP contribution in [0.2, 0.25) is 0 Å². The lowest BCUT2D eigenvalue weighted by Crippen LogP contribution is -2.27. The summed E-state index contributed by atoms with van der Waals surface area (Å²) in [7, 11) is 0. The van der Waals surface area contributed by atoms with Gasteiger partial charge in [0.25, 0.3) is 0 Å². The lowest BCUT2D eigenvalue weighted by Gasteiger charge is -2.18. The third-order valence-corrected chi connectivity index (χ3v) is 2.10. The molecule has 0 radical (unpaired) electrons. The van der Waals surface area contributed by atoms with Crippen molar-refractivity contribution in [2.24, 2.45) is 5.41 Å². The van der Waals surface area contributed by atoms with Gasteiger partial charge in [0.15, 0.2) is 6.29 Å². The Labute approximate surface area is 84.2 Å². The molecule has 1 heterocycles. The second-order valence-corrected chi connectivity index (χ2v) is 4.64. The van der Waals surface area contributed by atoms with Gasteiger partial charge in [0, 0.05) is 6.42 Å². The topological polar surface area (TPSA) is 55.8 Å². The molecule has 1 N–H and O–H groups in total. The Morgan fingerprint density at radius 2 is 2.14 bits per heavy atom. The first kappa shape index (κ1) is 11.5. The van der Waals surface area contributed by atoms with E-state index in [0.29, 0.717) is 6.42 Å². The van der Waals surface area contributed by atoms with Gasteiger partial charge in [0.05, 0.1) is 11.5 Å². The van der Waals surface area contributed by atoms with Crippen molar-refractivity contribution in [2.45, 2.75) is 46.0 Å². The largest absolute Gasteiger partial charge is 0.463 e. The van der Waals surface area contributed by atoms with E-state index in [1.807, 2.05) is 0 Å². The SMILES string of the molecule is CC(C)(C)C(=O)OC[C@@H]1CC[C@H](O)O1. The fourth-order valence-electron chi connectivity index (χ4n) is 1.19. The number of ether oxygens (including phenoxy) is 2. The average Bonchev–Trinajstić information content (AvgIpc) is 2.45. The molecule has 0 aromatic carbocycles. The second kappa shape index (κ2) is 4.28. The van der Waals surface area contributed by atoms with E-state index in [0.717, 1.165) is 6.42 Å². The first-order valence-electron chi connectivity index (χ1n) is 4.90.